The van der Waals surface area contributed by atoms with E-state index in [9.17, 15) is 0 Å². The maximum Gasteiger partial charge on any atom is 0.0410 e. The van der Waals surface area contributed by atoms with Crippen LogP contribution in [0.3, 0.4) is 0 Å². The average molecular weight is 339 g/mol. The van der Waals surface area contributed by atoms with Crippen molar-refractivity contribution in [1.82, 2.24) is 5.32 Å². The van der Waals surface area contributed by atoms with Crippen LogP contribution in [0.25, 0.3) is 0 Å². The number of hydrogen-bond donors (Lipinski definition) is 1. The van der Waals surface area contributed by atoms with Crippen LogP contribution < -0.4 is 5.32 Å². The van der Waals surface area contributed by atoms with Gasteiger partial charge in [-0.05, 0) is 35.2 Å². The predicted molar refractivity (Wildman–Crippen MR) is 85.7 cm³/mol. The van der Waals surface area contributed by atoms with Gasteiger partial charge in [0.1, 0.15) is 0 Å². The summed E-state index contributed by atoms with van der Waals surface area (Å²) < 4.78 is 1.09. The van der Waals surface area contributed by atoms with Crippen molar-refractivity contribution in [1.29, 1.82) is 0 Å². The Kier molecular flexibility index (Phi) is 5.44. The van der Waals surface area contributed by atoms with E-state index in [1.165, 1.54) is 11.1 Å². The van der Waals surface area contributed by atoms with Crippen LogP contribution in [0.4, 0.5) is 0 Å². The number of rotatable bonds is 5. The molecule has 3 heteroatoms. The molecule has 0 heterocycles. The highest BCUT2D eigenvalue weighted by Gasteiger charge is 2.05. The van der Waals surface area contributed by atoms with E-state index in [0.29, 0.717) is 5.92 Å². The summed E-state index contributed by atoms with van der Waals surface area (Å²) in [5.41, 5.74) is 2.55. The molecule has 0 radical (unpaired) electrons. The molecule has 0 aliphatic carbocycles. The molecule has 1 unspecified atom stereocenters. The molecule has 0 aliphatic rings. The molecule has 0 saturated carbocycles. The van der Waals surface area contributed by atoms with Gasteiger partial charge >= 0.3 is 0 Å². The first kappa shape index (κ1) is 14.6. The number of benzene rings is 2. The Morgan fingerprint density at radius 2 is 1.89 bits per heavy atom. The van der Waals surface area contributed by atoms with Gasteiger partial charge in [-0.1, -0.05) is 64.8 Å². The van der Waals surface area contributed by atoms with Crippen molar-refractivity contribution in [2.45, 2.75) is 19.4 Å². The summed E-state index contributed by atoms with van der Waals surface area (Å²) in [5.74, 6) is 0.499. The SMILES string of the molecule is CC(CNCc1cc(Cl)ccc1Br)c1ccccc1. The maximum atomic E-state index is 6.01. The highest BCUT2D eigenvalue weighted by Crippen LogP contribution is 2.21. The third kappa shape index (κ3) is 4.34. The quantitative estimate of drug-likeness (QED) is 0.809. The summed E-state index contributed by atoms with van der Waals surface area (Å²) in [6, 6.07) is 16.4. The lowest BCUT2D eigenvalue weighted by molar-refractivity contribution is 0.614. The summed E-state index contributed by atoms with van der Waals surface area (Å²) >= 11 is 9.55. The first-order chi connectivity index (χ1) is 9.16. The number of nitrogens with one attached hydrogen (secondary N) is 1. The summed E-state index contributed by atoms with van der Waals surface area (Å²) in [4.78, 5) is 0. The van der Waals surface area contributed by atoms with Crippen molar-refractivity contribution in [2.75, 3.05) is 6.54 Å². The van der Waals surface area contributed by atoms with Crippen LogP contribution in [0.1, 0.15) is 24.0 Å². The first-order valence-electron chi connectivity index (χ1n) is 6.36. The van der Waals surface area contributed by atoms with E-state index in [1.807, 2.05) is 24.3 Å². The zero-order valence-corrected chi connectivity index (χ0v) is 13.2. The molecule has 1 N–H and O–H groups in total. The van der Waals surface area contributed by atoms with E-state index in [1.54, 1.807) is 0 Å². The predicted octanol–water partition coefficient (Wildman–Crippen LogP) is 5.00. The lowest BCUT2D eigenvalue weighted by Crippen LogP contribution is -2.19. The Morgan fingerprint density at radius 3 is 2.63 bits per heavy atom. The fourth-order valence-electron chi connectivity index (χ4n) is 2.00. The molecule has 100 valence electrons. The fourth-order valence-corrected chi connectivity index (χ4v) is 2.58. The van der Waals surface area contributed by atoms with Gasteiger partial charge in [-0.25, -0.2) is 0 Å². The van der Waals surface area contributed by atoms with Gasteiger partial charge in [0, 0.05) is 22.6 Å². The lowest BCUT2D eigenvalue weighted by atomic mass is 10.0. The zero-order chi connectivity index (χ0) is 13.7. The Morgan fingerprint density at radius 1 is 1.16 bits per heavy atom. The molecule has 1 nitrogen and oxygen atoms in total. The molecule has 0 fully saturated rings. The smallest absolute Gasteiger partial charge is 0.0410 e. The molecule has 0 amide bonds. The summed E-state index contributed by atoms with van der Waals surface area (Å²) in [5, 5.41) is 4.25. The largest absolute Gasteiger partial charge is 0.312 e. The average Bonchev–Trinajstić information content (AvgIpc) is 2.43. The van der Waals surface area contributed by atoms with Crippen LogP contribution in [0.2, 0.25) is 5.02 Å². The molecule has 1 atom stereocenters. The number of hydrogen-bond acceptors (Lipinski definition) is 1. The van der Waals surface area contributed by atoms with E-state index in [2.05, 4.69) is 52.4 Å². The lowest BCUT2D eigenvalue weighted by Gasteiger charge is -2.13. The molecule has 0 saturated heterocycles. The third-order valence-corrected chi connectivity index (χ3v) is 4.15. The topological polar surface area (TPSA) is 12.0 Å². The maximum absolute atomic E-state index is 6.01. The van der Waals surface area contributed by atoms with E-state index in [4.69, 9.17) is 11.6 Å². The van der Waals surface area contributed by atoms with Crippen molar-refractivity contribution >= 4 is 27.5 Å². The summed E-state index contributed by atoms with van der Waals surface area (Å²) in [6.45, 7) is 4.00. The molecule has 0 aromatic heterocycles. The highest BCUT2D eigenvalue weighted by molar-refractivity contribution is 9.10. The molecule has 19 heavy (non-hydrogen) atoms. The minimum absolute atomic E-state index is 0.499. The van der Waals surface area contributed by atoms with Crippen molar-refractivity contribution in [3.8, 4) is 0 Å². The standard InChI is InChI=1S/C16H17BrClN/c1-12(13-5-3-2-4-6-13)10-19-11-14-9-15(18)7-8-16(14)17/h2-9,12,19H,10-11H2,1H3. The van der Waals surface area contributed by atoms with Crippen LogP contribution in [-0.4, -0.2) is 6.54 Å². The summed E-state index contributed by atoms with van der Waals surface area (Å²) in [6.07, 6.45) is 0. The molecule has 2 rings (SSSR count). The van der Waals surface area contributed by atoms with Crippen molar-refractivity contribution < 1.29 is 0 Å². The van der Waals surface area contributed by atoms with Gasteiger partial charge in [-0.15, -0.1) is 0 Å². The fraction of sp³-hybridized carbons (Fsp3) is 0.250. The Hall–Kier alpha value is -0.830. The van der Waals surface area contributed by atoms with E-state index < -0.39 is 0 Å². The second kappa shape index (κ2) is 7.09. The third-order valence-electron chi connectivity index (χ3n) is 3.14. The minimum Gasteiger partial charge on any atom is -0.312 e. The van der Waals surface area contributed by atoms with Gasteiger partial charge in [0.15, 0.2) is 0 Å². The molecule has 0 bridgehead atoms. The van der Waals surface area contributed by atoms with Crippen LogP contribution >= 0.6 is 27.5 Å². The van der Waals surface area contributed by atoms with E-state index in [0.717, 1.165) is 22.6 Å². The van der Waals surface area contributed by atoms with Gasteiger partial charge in [0.05, 0.1) is 0 Å². The van der Waals surface area contributed by atoms with Crippen LogP contribution in [0.15, 0.2) is 53.0 Å². The molecule has 0 aliphatic heterocycles. The Balaban J connectivity index is 1.88. The summed E-state index contributed by atoms with van der Waals surface area (Å²) in [7, 11) is 0. The van der Waals surface area contributed by atoms with Crippen molar-refractivity contribution in [2.24, 2.45) is 0 Å². The highest BCUT2D eigenvalue weighted by atomic mass is 79.9. The second-order valence-electron chi connectivity index (χ2n) is 4.68. The first-order valence-corrected chi connectivity index (χ1v) is 7.53. The molecular formula is C16H17BrClN. The monoisotopic (exact) mass is 337 g/mol. The van der Waals surface area contributed by atoms with Gasteiger partial charge in [0.25, 0.3) is 0 Å². The Bertz CT molecular complexity index is 528. The molecular weight excluding hydrogens is 322 g/mol. The van der Waals surface area contributed by atoms with Crippen molar-refractivity contribution in [3.05, 3.63) is 69.2 Å². The molecule has 2 aromatic carbocycles. The Labute approximate surface area is 128 Å². The van der Waals surface area contributed by atoms with Gasteiger partial charge in [0.2, 0.25) is 0 Å². The minimum atomic E-state index is 0.499. The van der Waals surface area contributed by atoms with Crippen LogP contribution in [0, 0.1) is 0 Å². The van der Waals surface area contributed by atoms with Crippen LogP contribution in [-0.2, 0) is 6.54 Å². The zero-order valence-electron chi connectivity index (χ0n) is 10.9. The van der Waals surface area contributed by atoms with Gasteiger partial charge in [-0.2, -0.15) is 0 Å². The van der Waals surface area contributed by atoms with E-state index in [-0.39, 0.29) is 0 Å². The molecule has 0 spiro atoms. The van der Waals surface area contributed by atoms with Gasteiger partial charge < -0.3 is 5.32 Å². The van der Waals surface area contributed by atoms with Gasteiger partial charge in [-0.3, -0.25) is 0 Å². The molecule has 2 aromatic rings. The van der Waals surface area contributed by atoms with Crippen LogP contribution in [0.5, 0.6) is 0 Å². The second-order valence-corrected chi connectivity index (χ2v) is 5.97. The normalized spacial score (nSPS) is 12.4. The van der Waals surface area contributed by atoms with Crippen molar-refractivity contribution in [3.63, 3.8) is 0 Å². The van der Waals surface area contributed by atoms with E-state index >= 15 is 0 Å². The number of halogens is 2.